The van der Waals surface area contributed by atoms with E-state index in [9.17, 15) is 4.39 Å². The lowest BCUT2D eigenvalue weighted by Crippen LogP contribution is -2.08. The molecule has 0 amide bonds. The smallest absolute Gasteiger partial charge is 0.146 e. The molecule has 1 N–H and O–H groups in total. The average molecular weight is 330 g/mol. The number of ether oxygens (including phenoxy) is 1. The van der Waals surface area contributed by atoms with Crippen LogP contribution >= 0.6 is 15.9 Å². The lowest BCUT2D eigenvalue weighted by Gasteiger charge is -2.01. The molecule has 5 nitrogen and oxygen atoms in total. The summed E-state index contributed by atoms with van der Waals surface area (Å²) in [6.45, 7) is 1.21. The van der Waals surface area contributed by atoms with Crippen LogP contribution < -0.4 is 0 Å². The Morgan fingerprint density at radius 2 is 2.21 bits per heavy atom. The van der Waals surface area contributed by atoms with Crippen LogP contribution in [0.3, 0.4) is 0 Å². The minimum atomic E-state index is -0.355. The molecule has 102 valence electrons. The second kappa shape index (κ2) is 6.74. The zero-order valence-corrected chi connectivity index (χ0v) is 11.7. The first kappa shape index (κ1) is 14.1. The van der Waals surface area contributed by atoms with Crippen molar-refractivity contribution in [2.75, 3.05) is 19.8 Å². The highest BCUT2D eigenvalue weighted by Gasteiger charge is 2.11. The van der Waals surface area contributed by atoms with Crippen LogP contribution in [-0.2, 0) is 11.3 Å². The Hall–Kier alpha value is -1.31. The van der Waals surface area contributed by atoms with Crippen molar-refractivity contribution in [3.8, 4) is 11.3 Å². The molecule has 0 fully saturated rings. The number of aliphatic hydroxyl groups is 1. The van der Waals surface area contributed by atoms with E-state index in [2.05, 4.69) is 26.2 Å². The van der Waals surface area contributed by atoms with Crippen molar-refractivity contribution in [2.45, 2.75) is 6.54 Å². The third-order valence-corrected chi connectivity index (χ3v) is 3.08. The predicted molar refractivity (Wildman–Crippen MR) is 71.0 cm³/mol. The Balaban J connectivity index is 2.06. The highest BCUT2D eigenvalue weighted by Crippen LogP contribution is 2.25. The summed E-state index contributed by atoms with van der Waals surface area (Å²) in [7, 11) is 0. The van der Waals surface area contributed by atoms with Gasteiger partial charge in [-0.2, -0.15) is 0 Å². The maximum atomic E-state index is 13.9. The second-order valence-electron chi connectivity index (χ2n) is 3.80. The summed E-state index contributed by atoms with van der Waals surface area (Å²) < 4.78 is 21.0. The van der Waals surface area contributed by atoms with E-state index in [0.717, 1.165) is 0 Å². The number of hydrogen-bond acceptors (Lipinski definition) is 4. The fourth-order valence-corrected chi connectivity index (χ4v) is 1.92. The molecule has 0 radical (unpaired) electrons. The summed E-state index contributed by atoms with van der Waals surface area (Å²) in [5.41, 5.74) is 0.873. The number of nitrogens with zero attached hydrogens (tertiary/aromatic N) is 3. The van der Waals surface area contributed by atoms with Crippen molar-refractivity contribution in [2.24, 2.45) is 0 Å². The fourth-order valence-electron chi connectivity index (χ4n) is 1.56. The van der Waals surface area contributed by atoms with E-state index >= 15 is 0 Å². The molecule has 0 saturated carbocycles. The van der Waals surface area contributed by atoms with Gasteiger partial charge in [-0.05, 0) is 28.1 Å². The molecule has 0 aliphatic carbocycles. The predicted octanol–water partition coefficient (Wildman–Crippen LogP) is 1.86. The summed E-state index contributed by atoms with van der Waals surface area (Å²) in [4.78, 5) is 0. The molecule has 0 spiro atoms. The molecule has 7 heteroatoms. The van der Waals surface area contributed by atoms with Gasteiger partial charge in [-0.3, -0.25) is 0 Å². The Morgan fingerprint density at radius 1 is 1.37 bits per heavy atom. The van der Waals surface area contributed by atoms with Gasteiger partial charge in [-0.15, -0.1) is 5.10 Å². The van der Waals surface area contributed by atoms with Crippen molar-refractivity contribution < 1.29 is 14.2 Å². The standard InChI is InChI=1S/C12H13BrFN3O2/c13-10-3-1-2-9(12(10)14)11-8-17(16-15-11)4-6-19-7-5-18/h1-3,8,18H,4-7H2. The molecule has 0 saturated heterocycles. The van der Waals surface area contributed by atoms with Crippen LogP contribution in [-0.4, -0.2) is 39.9 Å². The SMILES string of the molecule is OCCOCCn1cc(-c2cccc(Br)c2F)nn1. The quantitative estimate of drug-likeness (QED) is 0.822. The van der Waals surface area contributed by atoms with Crippen LogP contribution in [0.5, 0.6) is 0 Å². The van der Waals surface area contributed by atoms with Gasteiger partial charge in [0.15, 0.2) is 0 Å². The van der Waals surface area contributed by atoms with E-state index in [1.54, 1.807) is 29.1 Å². The summed E-state index contributed by atoms with van der Waals surface area (Å²) >= 11 is 3.14. The Labute approximate surface area is 118 Å². The van der Waals surface area contributed by atoms with E-state index in [1.807, 2.05) is 0 Å². The maximum Gasteiger partial charge on any atom is 0.146 e. The topological polar surface area (TPSA) is 60.2 Å². The molecule has 0 aliphatic rings. The Bertz CT molecular complexity index is 548. The monoisotopic (exact) mass is 329 g/mol. The van der Waals surface area contributed by atoms with Gasteiger partial charge >= 0.3 is 0 Å². The molecule has 19 heavy (non-hydrogen) atoms. The van der Waals surface area contributed by atoms with Gasteiger partial charge in [0.1, 0.15) is 11.5 Å². The number of aliphatic hydroxyl groups excluding tert-OH is 1. The molecule has 0 aliphatic heterocycles. The average Bonchev–Trinajstić information content (AvgIpc) is 2.87. The molecular weight excluding hydrogens is 317 g/mol. The zero-order valence-electron chi connectivity index (χ0n) is 10.1. The van der Waals surface area contributed by atoms with Gasteiger partial charge in [0.25, 0.3) is 0 Å². The largest absolute Gasteiger partial charge is 0.394 e. The van der Waals surface area contributed by atoms with Crippen LogP contribution in [0.2, 0.25) is 0 Å². The molecule has 1 aromatic heterocycles. The van der Waals surface area contributed by atoms with E-state index in [-0.39, 0.29) is 12.4 Å². The first-order valence-electron chi connectivity index (χ1n) is 5.75. The number of aromatic nitrogens is 3. The van der Waals surface area contributed by atoms with Crippen LogP contribution in [0.1, 0.15) is 0 Å². The number of benzene rings is 1. The van der Waals surface area contributed by atoms with Gasteiger partial charge in [0.05, 0.1) is 37.0 Å². The number of halogens is 2. The summed E-state index contributed by atoms with van der Waals surface area (Å²) in [6, 6.07) is 5.02. The van der Waals surface area contributed by atoms with Crippen molar-refractivity contribution in [1.29, 1.82) is 0 Å². The van der Waals surface area contributed by atoms with Crippen molar-refractivity contribution in [1.82, 2.24) is 15.0 Å². The van der Waals surface area contributed by atoms with Crippen LogP contribution in [0.15, 0.2) is 28.9 Å². The van der Waals surface area contributed by atoms with Crippen molar-refractivity contribution >= 4 is 15.9 Å². The first-order chi connectivity index (χ1) is 9.22. The number of rotatable bonds is 6. The van der Waals surface area contributed by atoms with E-state index in [0.29, 0.717) is 35.5 Å². The summed E-state index contributed by atoms with van der Waals surface area (Å²) in [5.74, 6) is -0.355. The molecule has 2 rings (SSSR count). The van der Waals surface area contributed by atoms with Gasteiger partial charge in [0.2, 0.25) is 0 Å². The molecule has 0 bridgehead atoms. The van der Waals surface area contributed by atoms with Gasteiger partial charge in [-0.1, -0.05) is 11.3 Å². The van der Waals surface area contributed by atoms with Crippen molar-refractivity contribution in [3.05, 3.63) is 34.7 Å². The third-order valence-electron chi connectivity index (χ3n) is 2.47. The van der Waals surface area contributed by atoms with Gasteiger partial charge in [0, 0.05) is 5.56 Å². The molecule has 2 aromatic rings. The molecular formula is C12H13BrFN3O2. The van der Waals surface area contributed by atoms with Gasteiger partial charge in [-0.25, -0.2) is 9.07 Å². The number of hydrogen-bond donors (Lipinski definition) is 1. The van der Waals surface area contributed by atoms with Crippen LogP contribution in [0.25, 0.3) is 11.3 Å². The summed E-state index contributed by atoms with van der Waals surface area (Å²) in [6.07, 6.45) is 1.66. The molecule has 0 unspecified atom stereocenters. The Morgan fingerprint density at radius 3 is 3.00 bits per heavy atom. The van der Waals surface area contributed by atoms with Crippen LogP contribution in [0, 0.1) is 5.82 Å². The van der Waals surface area contributed by atoms with Crippen molar-refractivity contribution in [3.63, 3.8) is 0 Å². The highest BCUT2D eigenvalue weighted by atomic mass is 79.9. The highest BCUT2D eigenvalue weighted by molar-refractivity contribution is 9.10. The zero-order chi connectivity index (χ0) is 13.7. The minimum absolute atomic E-state index is 0.00807. The van der Waals surface area contributed by atoms with E-state index in [1.165, 1.54) is 0 Å². The fraction of sp³-hybridized carbons (Fsp3) is 0.333. The van der Waals surface area contributed by atoms with Gasteiger partial charge < -0.3 is 9.84 Å². The lowest BCUT2D eigenvalue weighted by molar-refractivity contribution is 0.0851. The molecule has 1 heterocycles. The Kier molecular flexibility index (Phi) is 5.00. The molecule has 1 aromatic carbocycles. The van der Waals surface area contributed by atoms with Crippen LogP contribution in [0.4, 0.5) is 4.39 Å². The maximum absolute atomic E-state index is 13.9. The normalized spacial score (nSPS) is 10.9. The second-order valence-corrected chi connectivity index (χ2v) is 4.66. The van der Waals surface area contributed by atoms with E-state index in [4.69, 9.17) is 9.84 Å². The minimum Gasteiger partial charge on any atom is -0.394 e. The lowest BCUT2D eigenvalue weighted by atomic mass is 10.1. The summed E-state index contributed by atoms with van der Waals surface area (Å²) in [5, 5.41) is 16.4. The van der Waals surface area contributed by atoms with E-state index < -0.39 is 0 Å². The molecule has 0 atom stereocenters. The third kappa shape index (κ3) is 3.59. The first-order valence-corrected chi connectivity index (χ1v) is 6.55.